The minimum Gasteiger partial charge on any atom is -0.490 e. The molecule has 8 nitrogen and oxygen atoms in total. The second kappa shape index (κ2) is 13.5. The lowest BCUT2D eigenvalue weighted by molar-refractivity contribution is 0.0331. The number of hydrogen-bond donors (Lipinski definition) is 2. The van der Waals surface area contributed by atoms with Gasteiger partial charge in [0.2, 0.25) is 10.3 Å². The maximum absolute atomic E-state index is 13.5. The molecule has 224 valence electrons. The fourth-order valence-electron chi connectivity index (χ4n) is 4.97. The van der Waals surface area contributed by atoms with Crippen LogP contribution in [0.1, 0.15) is 37.8 Å². The van der Waals surface area contributed by atoms with Crippen molar-refractivity contribution in [1.82, 2.24) is 15.3 Å². The lowest BCUT2D eigenvalue weighted by atomic mass is 9.87. The van der Waals surface area contributed by atoms with Gasteiger partial charge in [-0.1, -0.05) is 43.6 Å². The fraction of sp³-hybridized carbons (Fsp3) is 0.281. The number of ether oxygens (including phenoxy) is 2. The molecular formula is C32H32ClFN4O4S. The van der Waals surface area contributed by atoms with Crippen molar-refractivity contribution < 1.29 is 22.3 Å². The normalized spacial score (nSPS) is 15.9. The predicted molar refractivity (Wildman–Crippen MR) is 168 cm³/mol. The molecule has 2 heterocycles. The molecule has 0 bridgehead atoms. The van der Waals surface area contributed by atoms with Crippen LogP contribution < -0.4 is 15.4 Å². The van der Waals surface area contributed by atoms with E-state index in [4.69, 9.17) is 21.1 Å². The van der Waals surface area contributed by atoms with Gasteiger partial charge in [0.15, 0.2) is 0 Å². The molecule has 1 aromatic heterocycles. The van der Waals surface area contributed by atoms with Crippen LogP contribution in [-0.2, 0) is 27.2 Å². The molecule has 43 heavy (non-hydrogen) atoms. The first-order valence-electron chi connectivity index (χ1n) is 13.9. The minimum atomic E-state index is -2.22. The molecular weight excluding hydrogens is 591 g/mol. The molecule has 1 unspecified atom stereocenters. The van der Waals surface area contributed by atoms with E-state index in [0.717, 1.165) is 16.5 Å². The highest BCUT2D eigenvalue weighted by Crippen LogP contribution is 2.40. The summed E-state index contributed by atoms with van der Waals surface area (Å²) in [5.41, 5.74) is 2.53. The van der Waals surface area contributed by atoms with Crippen LogP contribution in [0.5, 0.6) is 5.75 Å². The van der Waals surface area contributed by atoms with E-state index in [0.29, 0.717) is 58.6 Å². The predicted octanol–water partition coefficient (Wildman–Crippen LogP) is 6.56. The average Bonchev–Trinajstić information content (AvgIpc) is 3.46. The van der Waals surface area contributed by atoms with Crippen LogP contribution in [0.25, 0.3) is 10.9 Å². The van der Waals surface area contributed by atoms with Gasteiger partial charge in [-0.25, -0.2) is 14.4 Å². The van der Waals surface area contributed by atoms with Crippen molar-refractivity contribution in [3.8, 4) is 5.75 Å². The highest BCUT2D eigenvalue weighted by molar-refractivity contribution is 7.73. The Kier molecular flexibility index (Phi) is 9.59. The summed E-state index contributed by atoms with van der Waals surface area (Å²) in [6.45, 7) is 4.79. The van der Waals surface area contributed by atoms with Crippen LogP contribution in [0.3, 0.4) is 0 Å². The number of nitrogens with one attached hydrogen (secondary N) is 2. The molecule has 0 amide bonds. The van der Waals surface area contributed by atoms with Gasteiger partial charge in [-0.3, -0.25) is 0 Å². The van der Waals surface area contributed by atoms with Crippen molar-refractivity contribution in [1.29, 1.82) is 0 Å². The van der Waals surface area contributed by atoms with Gasteiger partial charge in [-0.15, -0.1) is 0 Å². The van der Waals surface area contributed by atoms with E-state index in [9.17, 15) is 12.8 Å². The maximum atomic E-state index is 13.5. The minimum absolute atomic E-state index is 0.0607. The van der Waals surface area contributed by atoms with Crippen molar-refractivity contribution >= 4 is 49.2 Å². The van der Waals surface area contributed by atoms with Crippen LogP contribution in [0, 0.1) is 11.7 Å². The summed E-state index contributed by atoms with van der Waals surface area (Å²) >= 11 is 6.52. The first kappa shape index (κ1) is 30.5. The zero-order chi connectivity index (χ0) is 30.4. The highest BCUT2D eigenvalue weighted by atomic mass is 35.5. The third-order valence-electron chi connectivity index (χ3n) is 7.34. The first-order valence-corrected chi connectivity index (χ1v) is 15.4. The third kappa shape index (κ3) is 7.33. The average molecular weight is 623 g/mol. The number of fused-ring (bicyclic) bond motifs is 1. The Morgan fingerprint density at radius 3 is 2.72 bits per heavy atom. The number of aromatic nitrogens is 2. The third-order valence-corrected chi connectivity index (χ3v) is 8.68. The second-order valence-electron chi connectivity index (χ2n) is 10.6. The largest absolute Gasteiger partial charge is 0.490 e. The first-order chi connectivity index (χ1) is 20.7. The molecule has 1 atom stereocenters. The van der Waals surface area contributed by atoms with E-state index in [-0.39, 0.29) is 18.3 Å². The van der Waals surface area contributed by atoms with Gasteiger partial charge in [-0.2, -0.15) is 8.42 Å². The van der Waals surface area contributed by atoms with E-state index in [1.165, 1.54) is 18.5 Å². The fourth-order valence-corrected chi connectivity index (χ4v) is 5.81. The number of rotatable bonds is 12. The highest BCUT2D eigenvalue weighted by Gasteiger charge is 2.35. The van der Waals surface area contributed by atoms with Gasteiger partial charge in [0.05, 0.1) is 21.7 Å². The van der Waals surface area contributed by atoms with E-state index < -0.39 is 15.9 Å². The Morgan fingerprint density at radius 1 is 1.14 bits per heavy atom. The lowest BCUT2D eigenvalue weighted by Crippen LogP contribution is -2.33. The van der Waals surface area contributed by atoms with Gasteiger partial charge in [0.25, 0.3) is 0 Å². The Labute approximate surface area is 256 Å². The van der Waals surface area contributed by atoms with Crippen molar-refractivity contribution in [3.05, 3.63) is 101 Å². The SMILES string of the molecule is CC(C)C(CNCCC1(c2ccc3ncnc(Nc4ccc(OCc5cccc(F)c5)c(Cl)c4)c3c2)CC=CO1)=S(=O)=O. The molecule has 11 heteroatoms. The van der Waals surface area contributed by atoms with E-state index >= 15 is 0 Å². The number of anilines is 2. The van der Waals surface area contributed by atoms with Crippen molar-refractivity contribution in [2.45, 2.75) is 38.9 Å². The standard InChI is InChI=1S/C32H32ClFN4O4S/c1-21(2)30(43(39)40)18-35-13-12-32(11-4-14-42-32)23-7-9-28-26(16-23)31(37-20-36-28)38-25-8-10-29(27(33)17-25)41-19-22-5-3-6-24(34)15-22/h3-10,14-17,20-21,35H,11-13,18-19H2,1-2H3,(H,36,37,38). The Balaban J connectivity index is 1.32. The summed E-state index contributed by atoms with van der Waals surface area (Å²) in [7, 11) is -2.22. The molecule has 0 spiro atoms. The van der Waals surface area contributed by atoms with Crippen LogP contribution >= 0.6 is 11.6 Å². The zero-order valence-electron chi connectivity index (χ0n) is 23.8. The van der Waals surface area contributed by atoms with Crippen LogP contribution in [0.4, 0.5) is 15.9 Å². The summed E-state index contributed by atoms with van der Waals surface area (Å²) in [6.07, 6.45) is 6.51. The topological polar surface area (TPSA) is 102 Å². The Morgan fingerprint density at radius 2 is 2.00 bits per heavy atom. The monoisotopic (exact) mass is 622 g/mol. The Hall–Kier alpha value is -3.99. The lowest BCUT2D eigenvalue weighted by Gasteiger charge is -2.30. The summed E-state index contributed by atoms with van der Waals surface area (Å²) < 4.78 is 48.5. The number of benzene rings is 3. The van der Waals surface area contributed by atoms with Crippen LogP contribution in [0.2, 0.25) is 5.02 Å². The summed E-state index contributed by atoms with van der Waals surface area (Å²) in [5.74, 6) is 0.699. The Bertz CT molecular complexity index is 1780. The molecule has 0 radical (unpaired) electrons. The molecule has 1 aliphatic rings. The molecule has 0 fully saturated rings. The van der Waals surface area contributed by atoms with Gasteiger partial charge in [0.1, 0.15) is 35.9 Å². The van der Waals surface area contributed by atoms with Gasteiger partial charge >= 0.3 is 0 Å². The molecule has 0 aliphatic carbocycles. The zero-order valence-corrected chi connectivity index (χ0v) is 25.4. The van der Waals surface area contributed by atoms with Crippen molar-refractivity contribution in [3.63, 3.8) is 0 Å². The summed E-state index contributed by atoms with van der Waals surface area (Å²) in [4.78, 5) is 9.38. The van der Waals surface area contributed by atoms with Crippen molar-refractivity contribution in [2.75, 3.05) is 18.4 Å². The maximum Gasteiger partial charge on any atom is 0.214 e. The van der Waals surface area contributed by atoms with E-state index in [2.05, 4.69) is 20.6 Å². The number of halogens is 2. The van der Waals surface area contributed by atoms with E-state index in [1.54, 1.807) is 30.5 Å². The molecule has 4 aromatic rings. The van der Waals surface area contributed by atoms with Crippen LogP contribution in [0.15, 0.2) is 79.3 Å². The molecule has 0 saturated heterocycles. The van der Waals surface area contributed by atoms with E-state index in [1.807, 2.05) is 44.2 Å². The molecule has 0 saturated carbocycles. The number of hydrogen-bond acceptors (Lipinski definition) is 8. The van der Waals surface area contributed by atoms with Crippen molar-refractivity contribution in [2.24, 2.45) is 5.92 Å². The molecule has 3 aromatic carbocycles. The van der Waals surface area contributed by atoms with Gasteiger partial charge in [-0.05, 0) is 72.1 Å². The summed E-state index contributed by atoms with van der Waals surface area (Å²) in [6, 6.07) is 17.5. The molecule has 5 rings (SSSR count). The molecule has 2 N–H and O–H groups in total. The second-order valence-corrected chi connectivity index (χ2v) is 12.0. The smallest absolute Gasteiger partial charge is 0.214 e. The quantitative estimate of drug-likeness (QED) is 0.135. The van der Waals surface area contributed by atoms with Gasteiger partial charge < -0.3 is 20.1 Å². The summed E-state index contributed by atoms with van der Waals surface area (Å²) in [5, 5.41) is 7.82. The number of nitrogens with zero attached hydrogens (tertiary/aromatic N) is 2. The van der Waals surface area contributed by atoms with Gasteiger partial charge in [0, 0.05) is 30.5 Å². The van der Waals surface area contributed by atoms with Crippen LogP contribution in [-0.4, -0.2) is 36.3 Å². The molecule has 1 aliphatic heterocycles.